The molecule has 22 heavy (non-hydrogen) atoms. The monoisotopic (exact) mass is 302 g/mol. The lowest BCUT2D eigenvalue weighted by Crippen LogP contribution is -2.53. The van der Waals surface area contributed by atoms with Crippen molar-refractivity contribution in [3.8, 4) is 6.07 Å². The number of nitrogens with zero attached hydrogens (tertiary/aromatic N) is 4. The SMILES string of the molecule is N#Cc1ccc(N2CCOC(C(=O)N3CCOCC3)C2)cn1. The number of ether oxygens (including phenoxy) is 2. The summed E-state index contributed by atoms with van der Waals surface area (Å²) in [6.45, 7) is 4.13. The Kier molecular flexibility index (Phi) is 4.51. The van der Waals surface area contributed by atoms with Crippen LogP contribution in [0.1, 0.15) is 5.69 Å². The molecule has 0 radical (unpaired) electrons. The lowest BCUT2D eigenvalue weighted by molar-refractivity contribution is -0.148. The Morgan fingerprint density at radius 1 is 1.27 bits per heavy atom. The van der Waals surface area contributed by atoms with E-state index in [1.165, 1.54) is 0 Å². The van der Waals surface area contributed by atoms with E-state index in [0.29, 0.717) is 51.7 Å². The van der Waals surface area contributed by atoms with Gasteiger partial charge in [0.15, 0.2) is 6.10 Å². The standard InChI is InChI=1S/C15H18N4O3/c16-9-12-1-2-13(10-17-12)19-5-8-22-14(11-19)15(20)18-3-6-21-7-4-18/h1-2,10,14H,3-8,11H2. The molecule has 7 nitrogen and oxygen atoms in total. The fraction of sp³-hybridized carbons (Fsp3) is 0.533. The third-order valence-electron chi connectivity index (χ3n) is 3.89. The van der Waals surface area contributed by atoms with Crippen molar-refractivity contribution >= 4 is 11.6 Å². The van der Waals surface area contributed by atoms with Crippen molar-refractivity contribution in [1.29, 1.82) is 5.26 Å². The molecule has 3 heterocycles. The van der Waals surface area contributed by atoms with E-state index in [0.717, 1.165) is 5.69 Å². The Balaban J connectivity index is 1.65. The highest BCUT2D eigenvalue weighted by Gasteiger charge is 2.31. The Bertz CT molecular complexity index is 563. The second-order valence-corrected chi connectivity index (χ2v) is 5.26. The number of anilines is 1. The van der Waals surface area contributed by atoms with Gasteiger partial charge in [-0.05, 0) is 12.1 Å². The minimum atomic E-state index is -0.456. The van der Waals surface area contributed by atoms with Gasteiger partial charge in [0.2, 0.25) is 0 Å². The largest absolute Gasteiger partial charge is 0.378 e. The van der Waals surface area contributed by atoms with Crippen LogP contribution in [-0.2, 0) is 14.3 Å². The summed E-state index contributed by atoms with van der Waals surface area (Å²) in [7, 11) is 0. The van der Waals surface area contributed by atoms with Crippen LogP contribution in [0.4, 0.5) is 5.69 Å². The average molecular weight is 302 g/mol. The van der Waals surface area contributed by atoms with E-state index in [1.54, 1.807) is 17.2 Å². The van der Waals surface area contributed by atoms with E-state index >= 15 is 0 Å². The van der Waals surface area contributed by atoms with Crippen molar-refractivity contribution in [3.05, 3.63) is 24.0 Å². The Morgan fingerprint density at radius 2 is 2.09 bits per heavy atom. The van der Waals surface area contributed by atoms with Gasteiger partial charge in [0.05, 0.1) is 38.2 Å². The van der Waals surface area contributed by atoms with Crippen LogP contribution in [0, 0.1) is 11.3 Å². The average Bonchev–Trinajstić information content (AvgIpc) is 2.62. The number of carbonyl (C=O) groups excluding carboxylic acids is 1. The topological polar surface area (TPSA) is 78.7 Å². The van der Waals surface area contributed by atoms with Crippen LogP contribution >= 0.6 is 0 Å². The van der Waals surface area contributed by atoms with Gasteiger partial charge in [-0.1, -0.05) is 0 Å². The van der Waals surface area contributed by atoms with Crippen molar-refractivity contribution in [2.24, 2.45) is 0 Å². The van der Waals surface area contributed by atoms with Gasteiger partial charge in [-0.15, -0.1) is 0 Å². The number of pyridine rings is 1. The summed E-state index contributed by atoms with van der Waals surface area (Å²) in [6, 6.07) is 5.54. The van der Waals surface area contributed by atoms with Crippen molar-refractivity contribution < 1.29 is 14.3 Å². The summed E-state index contributed by atoms with van der Waals surface area (Å²) < 4.78 is 10.9. The maximum absolute atomic E-state index is 12.5. The molecular weight excluding hydrogens is 284 g/mol. The highest BCUT2D eigenvalue weighted by molar-refractivity contribution is 5.82. The van der Waals surface area contributed by atoms with E-state index in [4.69, 9.17) is 14.7 Å². The van der Waals surface area contributed by atoms with Crippen molar-refractivity contribution in [2.45, 2.75) is 6.10 Å². The Morgan fingerprint density at radius 3 is 2.77 bits per heavy atom. The molecule has 1 unspecified atom stereocenters. The molecule has 1 aromatic heterocycles. The number of aromatic nitrogens is 1. The predicted molar refractivity (Wildman–Crippen MR) is 78.3 cm³/mol. The molecule has 0 saturated carbocycles. The second kappa shape index (κ2) is 6.73. The minimum Gasteiger partial charge on any atom is -0.378 e. The maximum atomic E-state index is 12.5. The number of nitriles is 1. The summed E-state index contributed by atoms with van der Waals surface area (Å²) in [5.74, 6) is 0.0228. The van der Waals surface area contributed by atoms with E-state index < -0.39 is 6.10 Å². The molecule has 2 aliphatic rings. The number of amides is 1. The molecular formula is C15H18N4O3. The van der Waals surface area contributed by atoms with E-state index in [1.807, 2.05) is 12.1 Å². The second-order valence-electron chi connectivity index (χ2n) is 5.26. The fourth-order valence-electron chi connectivity index (χ4n) is 2.66. The molecule has 3 rings (SSSR count). The third-order valence-corrected chi connectivity index (χ3v) is 3.89. The molecule has 0 aliphatic carbocycles. The number of hydrogen-bond donors (Lipinski definition) is 0. The van der Waals surface area contributed by atoms with Crippen LogP contribution in [0.15, 0.2) is 18.3 Å². The summed E-state index contributed by atoms with van der Waals surface area (Å²) in [5.41, 5.74) is 1.29. The molecule has 2 fully saturated rings. The number of hydrogen-bond acceptors (Lipinski definition) is 6. The molecule has 1 amide bonds. The number of morpholine rings is 2. The lowest BCUT2D eigenvalue weighted by atomic mass is 10.2. The summed E-state index contributed by atoms with van der Waals surface area (Å²) in [4.78, 5) is 20.4. The molecule has 1 aromatic rings. The first kappa shape index (κ1) is 14.8. The molecule has 0 N–H and O–H groups in total. The van der Waals surface area contributed by atoms with Crippen LogP contribution in [0.3, 0.4) is 0 Å². The summed E-state index contributed by atoms with van der Waals surface area (Å²) in [5, 5.41) is 8.79. The highest BCUT2D eigenvalue weighted by atomic mass is 16.5. The molecule has 0 aromatic carbocycles. The molecule has 0 spiro atoms. The van der Waals surface area contributed by atoms with Crippen LogP contribution in [0.2, 0.25) is 0 Å². The van der Waals surface area contributed by atoms with Gasteiger partial charge in [0.1, 0.15) is 11.8 Å². The van der Waals surface area contributed by atoms with Gasteiger partial charge >= 0.3 is 0 Å². The maximum Gasteiger partial charge on any atom is 0.253 e. The van der Waals surface area contributed by atoms with Crippen molar-refractivity contribution in [3.63, 3.8) is 0 Å². The van der Waals surface area contributed by atoms with Gasteiger partial charge in [0.25, 0.3) is 5.91 Å². The van der Waals surface area contributed by atoms with Crippen LogP contribution in [0.5, 0.6) is 0 Å². The smallest absolute Gasteiger partial charge is 0.253 e. The van der Waals surface area contributed by atoms with Gasteiger partial charge in [-0.3, -0.25) is 4.79 Å². The van der Waals surface area contributed by atoms with E-state index in [9.17, 15) is 4.79 Å². The van der Waals surface area contributed by atoms with E-state index in [2.05, 4.69) is 9.88 Å². The quantitative estimate of drug-likeness (QED) is 0.766. The number of rotatable bonds is 2. The van der Waals surface area contributed by atoms with Gasteiger partial charge in [-0.25, -0.2) is 4.98 Å². The molecule has 2 saturated heterocycles. The summed E-state index contributed by atoms with van der Waals surface area (Å²) >= 11 is 0. The van der Waals surface area contributed by atoms with Gasteiger partial charge in [-0.2, -0.15) is 5.26 Å². The lowest BCUT2D eigenvalue weighted by Gasteiger charge is -2.37. The molecule has 116 valence electrons. The zero-order chi connectivity index (χ0) is 15.4. The zero-order valence-electron chi connectivity index (χ0n) is 12.3. The first-order chi connectivity index (χ1) is 10.8. The Hall–Kier alpha value is -2.17. The van der Waals surface area contributed by atoms with Crippen molar-refractivity contribution in [1.82, 2.24) is 9.88 Å². The van der Waals surface area contributed by atoms with Crippen molar-refractivity contribution in [2.75, 3.05) is 50.9 Å². The molecule has 2 aliphatic heterocycles. The third kappa shape index (κ3) is 3.18. The van der Waals surface area contributed by atoms with Crippen LogP contribution in [-0.4, -0.2) is 67.9 Å². The fourth-order valence-corrected chi connectivity index (χ4v) is 2.66. The molecule has 7 heteroatoms. The minimum absolute atomic E-state index is 0.0228. The van der Waals surface area contributed by atoms with E-state index in [-0.39, 0.29) is 5.91 Å². The molecule has 1 atom stereocenters. The van der Waals surface area contributed by atoms with Crippen LogP contribution < -0.4 is 4.90 Å². The Labute approximate surface area is 129 Å². The zero-order valence-corrected chi connectivity index (χ0v) is 12.3. The number of carbonyl (C=O) groups is 1. The van der Waals surface area contributed by atoms with Gasteiger partial charge in [0, 0.05) is 19.6 Å². The predicted octanol–water partition coefficient (Wildman–Crippen LogP) is 0.0173. The molecule has 0 bridgehead atoms. The first-order valence-corrected chi connectivity index (χ1v) is 7.37. The first-order valence-electron chi connectivity index (χ1n) is 7.37. The summed E-state index contributed by atoms with van der Waals surface area (Å²) in [6.07, 6.45) is 1.21. The normalized spacial score (nSPS) is 22.2. The highest BCUT2D eigenvalue weighted by Crippen LogP contribution is 2.18. The van der Waals surface area contributed by atoms with Gasteiger partial charge < -0.3 is 19.3 Å². The van der Waals surface area contributed by atoms with Crippen LogP contribution in [0.25, 0.3) is 0 Å².